The first kappa shape index (κ1) is 22.0. The van der Waals surface area contributed by atoms with Crippen LogP contribution in [0.15, 0.2) is 29.3 Å². The summed E-state index contributed by atoms with van der Waals surface area (Å²) in [4.78, 5) is 20.8. The average molecular weight is 390 g/mol. The predicted molar refractivity (Wildman–Crippen MR) is 114 cm³/mol. The lowest BCUT2D eigenvalue weighted by Gasteiger charge is -2.25. The summed E-state index contributed by atoms with van der Waals surface area (Å²) in [5.74, 6) is 1.88. The van der Waals surface area contributed by atoms with Gasteiger partial charge in [-0.3, -0.25) is 9.79 Å². The first-order valence-corrected chi connectivity index (χ1v) is 10.1. The van der Waals surface area contributed by atoms with E-state index in [1.807, 2.05) is 30.0 Å². The summed E-state index contributed by atoms with van der Waals surface area (Å²) < 4.78 is 5.54. The third-order valence-corrected chi connectivity index (χ3v) is 5.07. The van der Waals surface area contributed by atoms with Crippen LogP contribution in [-0.2, 0) is 4.79 Å². The SMILES string of the molecule is CCNC(=NCC(c1ccccc1OC)N(C)C)NC1CCN(C(=O)CC)C1. The lowest BCUT2D eigenvalue weighted by Crippen LogP contribution is -2.45. The molecule has 1 aromatic rings. The Morgan fingerprint density at radius 2 is 2.11 bits per heavy atom. The first-order valence-electron chi connectivity index (χ1n) is 10.1. The van der Waals surface area contributed by atoms with Crippen LogP contribution in [0.25, 0.3) is 0 Å². The first-order chi connectivity index (χ1) is 13.5. The van der Waals surface area contributed by atoms with Crippen molar-refractivity contribution in [1.29, 1.82) is 0 Å². The van der Waals surface area contributed by atoms with Gasteiger partial charge in [-0.25, -0.2) is 0 Å². The maximum atomic E-state index is 11.9. The standard InChI is InChI=1S/C21H35N5O2/c1-6-20(27)26-13-12-16(15-26)24-21(22-7-2)23-14-18(25(3)4)17-10-8-9-11-19(17)28-5/h8-11,16,18H,6-7,12-15H2,1-5H3,(H2,22,23,24). The second kappa shape index (κ2) is 10.9. The molecule has 2 unspecified atom stereocenters. The van der Waals surface area contributed by atoms with Crippen molar-refractivity contribution in [3.8, 4) is 5.75 Å². The number of benzene rings is 1. The number of hydrogen-bond acceptors (Lipinski definition) is 4. The topological polar surface area (TPSA) is 69.2 Å². The molecule has 2 N–H and O–H groups in total. The molecule has 1 aliphatic heterocycles. The fourth-order valence-electron chi connectivity index (χ4n) is 3.50. The molecule has 28 heavy (non-hydrogen) atoms. The number of likely N-dealkylation sites (N-methyl/N-ethyl adjacent to an activating group) is 1. The van der Waals surface area contributed by atoms with Crippen LogP contribution in [0, 0.1) is 0 Å². The number of nitrogens with one attached hydrogen (secondary N) is 2. The van der Waals surface area contributed by atoms with Crippen LogP contribution in [-0.4, -0.2) is 75.1 Å². The van der Waals surface area contributed by atoms with Gasteiger partial charge in [-0.1, -0.05) is 25.1 Å². The summed E-state index contributed by atoms with van der Waals surface area (Å²) in [6, 6.07) is 8.42. The number of hydrogen-bond donors (Lipinski definition) is 2. The molecule has 1 fully saturated rings. The Balaban J connectivity index is 2.08. The lowest BCUT2D eigenvalue weighted by atomic mass is 10.0. The Bertz CT molecular complexity index is 662. The average Bonchev–Trinajstić information content (AvgIpc) is 3.16. The van der Waals surface area contributed by atoms with E-state index in [1.54, 1.807) is 7.11 Å². The van der Waals surface area contributed by atoms with Crippen molar-refractivity contribution < 1.29 is 9.53 Å². The van der Waals surface area contributed by atoms with E-state index in [2.05, 4.69) is 42.6 Å². The molecule has 1 aliphatic rings. The summed E-state index contributed by atoms with van der Waals surface area (Å²) in [5, 5.41) is 6.82. The van der Waals surface area contributed by atoms with Crippen LogP contribution in [0.3, 0.4) is 0 Å². The summed E-state index contributed by atoms with van der Waals surface area (Å²) in [7, 11) is 5.81. The Labute approximate surface area is 169 Å². The molecular weight excluding hydrogens is 354 g/mol. The minimum absolute atomic E-state index is 0.105. The van der Waals surface area contributed by atoms with E-state index in [-0.39, 0.29) is 18.0 Å². The van der Waals surface area contributed by atoms with Crippen molar-refractivity contribution in [3.05, 3.63) is 29.8 Å². The molecule has 156 valence electrons. The molecule has 7 nitrogen and oxygen atoms in total. The highest BCUT2D eigenvalue weighted by atomic mass is 16.5. The normalized spacial score (nSPS) is 18.3. The highest BCUT2D eigenvalue weighted by Gasteiger charge is 2.26. The molecule has 0 bridgehead atoms. The van der Waals surface area contributed by atoms with Gasteiger partial charge in [-0.2, -0.15) is 0 Å². The van der Waals surface area contributed by atoms with Gasteiger partial charge < -0.3 is 25.2 Å². The van der Waals surface area contributed by atoms with Crippen LogP contribution in [0.2, 0.25) is 0 Å². The molecular formula is C21H35N5O2. The van der Waals surface area contributed by atoms with Crippen molar-refractivity contribution in [2.45, 2.75) is 38.8 Å². The van der Waals surface area contributed by atoms with Crippen LogP contribution in [0.1, 0.15) is 38.3 Å². The highest BCUT2D eigenvalue weighted by molar-refractivity contribution is 5.80. The van der Waals surface area contributed by atoms with Gasteiger partial charge in [-0.05, 0) is 33.5 Å². The zero-order valence-electron chi connectivity index (χ0n) is 17.9. The number of para-hydroxylation sites is 1. The van der Waals surface area contributed by atoms with Gasteiger partial charge in [0.2, 0.25) is 5.91 Å². The van der Waals surface area contributed by atoms with Gasteiger partial charge in [0, 0.05) is 37.7 Å². The van der Waals surface area contributed by atoms with E-state index in [4.69, 9.17) is 9.73 Å². The fraction of sp³-hybridized carbons (Fsp3) is 0.619. The van der Waals surface area contributed by atoms with E-state index < -0.39 is 0 Å². The maximum Gasteiger partial charge on any atom is 0.222 e. The number of methoxy groups -OCH3 is 1. The van der Waals surface area contributed by atoms with Gasteiger partial charge in [0.25, 0.3) is 0 Å². The van der Waals surface area contributed by atoms with Crippen LogP contribution in [0.5, 0.6) is 5.75 Å². The number of likely N-dealkylation sites (tertiary alicyclic amines) is 1. The number of carbonyl (C=O) groups is 1. The van der Waals surface area contributed by atoms with Crippen molar-refractivity contribution in [2.75, 3.05) is 47.4 Å². The smallest absolute Gasteiger partial charge is 0.222 e. The summed E-state index contributed by atoms with van der Waals surface area (Å²) in [6.07, 6.45) is 1.50. The molecule has 1 amide bonds. The van der Waals surface area contributed by atoms with Gasteiger partial charge in [0.1, 0.15) is 5.75 Å². The lowest BCUT2D eigenvalue weighted by molar-refractivity contribution is -0.129. The summed E-state index contributed by atoms with van der Waals surface area (Å²) in [5.41, 5.74) is 1.12. The Kier molecular flexibility index (Phi) is 8.57. The molecule has 0 spiro atoms. The molecule has 0 aromatic heterocycles. The second-order valence-electron chi connectivity index (χ2n) is 7.26. The molecule has 1 saturated heterocycles. The summed E-state index contributed by atoms with van der Waals surface area (Å²) >= 11 is 0. The fourth-order valence-corrected chi connectivity index (χ4v) is 3.50. The van der Waals surface area contributed by atoms with Crippen molar-refractivity contribution in [1.82, 2.24) is 20.4 Å². The quantitative estimate of drug-likeness (QED) is 0.525. The number of rotatable bonds is 8. The molecule has 2 rings (SSSR count). The number of ether oxygens (including phenoxy) is 1. The van der Waals surface area contributed by atoms with E-state index >= 15 is 0 Å². The third-order valence-electron chi connectivity index (χ3n) is 5.07. The zero-order chi connectivity index (χ0) is 20.5. The van der Waals surface area contributed by atoms with E-state index in [1.165, 1.54) is 0 Å². The van der Waals surface area contributed by atoms with Gasteiger partial charge in [0.05, 0.1) is 19.7 Å². The van der Waals surface area contributed by atoms with Gasteiger partial charge in [0.15, 0.2) is 5.96 Å². The molecule has 0 radical (unpaired) electrons. The largest absolute Gasteiger partial charge is 0.496 e. The second-order valence-corrected chi connectivity index (χ2v) is 7.26. The van der Waals surface area contributed by atoms with E-state index in [0.29, 0.717) is 13.0 Å². The Morgan fingerprint density at radius 3 is 2.75 bits per heavy atom. The van der Waals surface area contributed by atoms with Crippen molar-refractivity contribution in [2.24, 2.45) is 4.99 Å². The zero-order valence-corrected chi connectivity index (χ0v) is 17.9. The number of guanidine groups is 1. The van der Waals surface area contributed by atoms with Gasteiger partial charge >= 0.3 is 0 Å². The molecule has 2 atom stereocenters. The summed E-state index contributed by atoms with van der Waals surface area (Å²) in [6.45, 7) is 6.91. The van der Waals surface area contributed by atoms with E-state index in [9.17, 15) is 4.79 Å². The number of carbonyl (C=O) groups excluding carboxylic acids is 1. The van der Waals surface area contributed by atoms with Crippen molar-refractivity contribution in [3.63, 3.8) is 0 Å². The Morgan fingerprint density at radius 1 is 1.36 bits per heavy atom. The molecule has 0 saturated carbocycles. The van der Waals surface area contributed by atoms with Crippen LogP contribution >= 0.6 is 0 Å². The minimum atomic E-state index is 0.105. The number of amides is 1. The van der Waals surface area contributed by atoms with Crippen molar-refractivity contribution >= 4 is 11.9 Å². The predicted octanol–water partition coefficient (Wildman–Crippen LogP) is 1.86. The maximum absolute atomic E-state index is 11.9. The molecule has 7 heteroatoms. The highest BCUT2D eigenvalue weighted by Crippen LogP contribution is 2.28. The third kappa shape index (κ3) is 5.86. The molecule has 1 heterocycles. The Hall–Kier alpha value is -2.28. The molecule has 0 aliphatic carbocycles. The number of aliphatic imine (C=N–C) groups is 1. The minimum Gasteiger partial charge on any atom is -0.496 e. The van der Waals surface area contributed by atoms with E-state index in [0.717, 1.165) is 43.3 Å². The monoisotopic (exact) mass is 389 g/mol. The van der Waals surface area contributed by atoms with Crippen LogP contribution in [0.4, 0.5) is 0 Å². The van der Waals surface area contributed by atoms with Gasteiger partial charge in [-0.15, -0.1) is 0 Å². The van der Waals surface area contributed by atoms with Crippen LogP contribution < -0.4 is 15.4 Å². The molecule has 1 aromatic carbocycles. The number of nitrogens with zero attached hydrogens (tertiary/aromatic N) is 3.